The molecule has 8 atom stereocenters. The number of carbonyl (C=O) groups is 2. The van der Waals surface area contributed by atoms with Crippen LogP contribution in [0.4, 0.5) is 0 Å². The zero-order valence-electron chi connectivity index (χ0n) is 29.4. The average Bonchev–Trinajstić information content (AvgIpc) is 3.01. The number of hydrogen-bond acceptors (Lipinski definition) is 11. The minimum absolute atomic E-state index is 0.0428. The van der Waals surface area contributed by atoms with Gasteiger partial charge in [0.15, 0.2) is 24.7 Å². The Bertz CT molecular complexity index is 826. The SMILES string of the molecule is CCCCCC/C=C\CCCCCCC/C=C/C(=O)CNC(=O)[C@H](O)C[C@@H](O)[C@@H](OC)OC(CO)C(C)O[C@H](C[C@@H](C)O)OC(C)O. The Labute approximate surface area is 282 Å². The smallest absolute Gasteiger partial charge is 0.249 e. The quantitative estimate of drug-likeness (QED) is 0.0272. The van der Waals surface area contributed by atoms with Gasteiger partial charge in [0.25, 0.3) is 0 Å². The van der Waals surface area contributed by atoms with E-state index < -0.39 is 68.3 Å². The van der Waals surface area contributed by atoms with E-state index in [2.05, 4.69) is 24.4 Å². The number of rotatable bonds is 31. The molecular formula is C35H65NO11. The second-order valence-electron chi connectivity index (χ2n) is 12.1. The van der Waals surface area contributed by atoms with Gasteiger partial charge in [-0.25, -0.2) is 0 Å². The topological polar surface area (TPSA) is 184 Å². The van der Waals surface area contributed by atoms with Crippen LogP contribution in [0.3, 0.4) is 0 Å². The molecule has 0 aliphatic carbocycles. The molecular weight excluding hydrogens is 610 g/mol. The zero-order valence-corrected chi connectivity index (χ0v) is 29.4. The van der Waals surface area contributed by atoms with Crippen LogP contribution in [0, 0.1) is 0 Å². The van der Waals surface area contributed by atoms with Gasteiger partial charge in [0.1, 0.15) is 18.3 Å². The molecule has 0 fully saturated rings. The largest absolute Gasteiger partial charge is 0.394 e. The van der Waals surface area contributed by atoms with Gasteiger partial charge in [-0.1, -0.05) is 63.7 Å². The minimum atomic E-state index is -1.65. The molecule has 12 nitrogen and oxygen atoms in total. The van der Waals surface area contributed by atoms with Crippen molar-refractivity contribution >= 4 is 11.7 Å². The van der Waals surface area contributed by atoms with Crippen LogP contribution in [0.25, 0.3) is 0 Å². The Morgan fingerprint density at radius 3 is 1.87 bits per heavy atom. The van der Waals surface area contributed by atoms with Crippen LogP contribution in [0.2, 0.25) is 0 Å². The van der Waals surface area contributed by atoms with Crippen molar-refractivity contribution in [3.05, 3.63) is 24.3 Å². The van der Waals surface area contributed by atoms with E-state index >= 15 is 0 Å². The van der Waals surface area contributed by atoms with Crippen LogP contribution in [-0.4, -0.2) is 107 Å². The molecule has 6 N–H and O–H groups in total. The summed E-state index contributed by atoms with van der Waals surface area (Å²) >= 11 is 0. The Kier molecular flexibility index (Phi) is 28.1. The number of carbonyl (C=O) groups excluding carboxylic acids is 2. The molecule has 47 heavy (non-hydrogen) atoms. The lowest BCUT2D eigenvalue weighted by atomic mass is 10.1. The van der Waals surface area contributed by atoms with Gasteiger partial charge < -0.3 is 49.8 Å². The van der Waals surface area contributed by atoms with Gasteiger partial charge in [0, 0.05) is 20.0 Å². The fourth-order valence-corrected chi connectivity index (χ4v) is 4.74. The molecule has 0 rings (SSSR count). The summed E-state index contributed by atoms with van der Waals surface area (Å²) in [6.07, 6.45) is 12.0. The molecule has 0 bridgehead atoms. The molecule has 0 aromatic heterocycles. The fraction of sp³-hybridized carbons (Fsp3) is 0.829. The Hall–Kier alpha value is -1.74. The summed E-state index contributed by atoms with van der Waals surface area (Å²) in [5, 5.41) is 52.3. The van der Waals surface area contributed by atoms with Gasteiger partial charge in [0.05, 0.1) is 25.4 Å². The molecule has 3 unspecified atom stereocenters. The van der Waals surface area contributed by atoms with E-state index in [9.17, 15) is 35.1 Å². The normalized spacial score (nSPS) is 17.3. The molecule has 276 valence electrons. The van der Waals surface area contributed by atoms with Crippen molar-refractivity contribution in [2.45, 2.75) is 167 Å². The second kappa shape index (κ2) is 29.2. The van der Waals surface area contributed by atoms with Crippen molar-refractivity contribution in [2.75, 3.05) is 20.3 Å². The highest BCUT2D eigenvalue weighted by Crippen LogP contribution is 2.18. The molecule has 0 aliphatic rings. The maximum Gasteiger partial charge on any atom is 0.249 e. The van der Waals surface area contributed by atoms with Crippen LogP contribution in [0.5, 0.6) is 0 Å². The summed E-state index contributed by atoms with van der Waals surface area (Å²) in [6, 6.07) is 0. The van der Waals surface area contributed by atoms with E-state index in [-0.39, 0.29) is 18.7 Å². The number of unbranched alkanes of at least 4 members (excludes halogenated alkanes) is 10. The molecule has 0 aromatic rings. The number of methoxy groups -OCH3 is 1. The number of nitrogens with one attached hydrogen (secondary N) is 1. The van der Waals surface area contributed by atoms with E-state index in [0.29, 0.717) is 0 Å². The van der Waals surface area contributed by atoms with E-state index in [0.717, 1.165) is 32.1 Å². The summed E-state index contributed by atoms with van der Waals surface area (Å²) in [5.41, 5.74) is 0. The molecule has 0 radical (unpaired) electrons. The molecule has 0 spiro atoms. The van der Waals surface area contributed by atoms with Crippen molar-refractivity contribution in [3.8, 4) is 0 Å². The van der Waals surface area contributed by atoms with Gasteiger partial charge in [-0.05, 0) is 65.4 Å². The van der Waals surface area contributed by atoms with Crippen LogP contribution < -0.4 is 5.32 Å². The van der Waals surface area contributed by atoms with Gasteiger partial charge in [-0.15, -0.1) is 0 Å². The highest BCUT2D eigenvalue weighted by Gasteiger charge is 2.32. The van der Waals surface area contributed by atoms with Crippen molar-refractivity contribution in [2.24, 2.45) is 0 Å². The number of hydrogen-bond donors (Lipinski definition) is 6. The van der Waals surface area contributed by atoms with Gasteiger partial charge in [-0.2, -0.15) is 0 Å². The number of aliphatic hydroxyl groups excluding tert-OH is 5. The van der Waals surface area contributed by atoms with Gasteiger partial charge >= 0.3 is 0 Å². The van der Waals surface area contributed by atoms with Crippen LogP contribution in [-0.2, 0) is 28.5 Å². The second-order valence-corrected chi connectivity index (χ2v) is 12.1. The van der Waals surface area contributed by atoms with E-state index in [1.165, 1.54) is 72.0 Å². The summed E-state index contributed by atoms with van der Waals surface area (Å²) in [7, 11) is 1.24. The summed E-state index contributed by atoms with van der Waals surface area (Å²) in [6.45, 7) is 5.86. The lowest BCUT2D eigenvalue weighted by Gasteiger charge is -2.32. The summed E-state index contributed by atoms with van der Waals surface area (Å²) in [5.74, 6) is -1.14. The van der Waals surface area contributed by atoms with Crippen LogP contribution in [0.1, 0.15) is 118 Å². The number of allylic oxidation sites excluding steroid dienone is 3. The Balaban J connectivity index is 4.38. The number of amides is 1. The van der Waals surface area contributed by atoms with Crippen molar-refractivity contribution in [3.63, 3.8) is 0 Å². The highest BCUT2D eigenvalue weighted by atomic mass is 16.7. The summed E-state index contributed by atoms with van der Waals surface area (Å²) in [4.78, 5) is 24.5. The minimum Gasteiger partial charge on any atom is -0.394 e. The molecule has 1 amide bonds. The fourth-order valence-electron chi connectivity index (χ4n) is 4.74. The molecule has 0 heterocycles. The zero-order chi connectivity index (χ0) is 35.5. The van der Waals surface area contributed by atoms with Crippen molar-refractivity contribution in [1.82, 2.24) is 5.32 Å². The highest BCUT2D eigenvalue weighted by molar-refractivity contribution is 5.94. The number of aliphatic hydroxyl groups is 5. The molecule has 0 aromatic carbocycles. The summed E-state index contributed by atoms with van der Waals surface area (Å²) < 4.78 is 21.7. The first-order valence-electron chi connectivity index (χ1n) is 17.4. The maximum absolute atomic E-state index is 12.3. The van der Waals surface area contributed by atoms with Crippen molar-refractivity contribution in [1.29, 1.82) is 0 Å². The third-order valence-corrected chi connectivity index (χ3v) is 7.45. The van der Waals surface area contributed by atoms with E-state index in [1.807, 2.05) is 0 Å². The molecule has 0 saturated carbocycles. The number of ether oxygens (including phenoxy) is 4. The Morgan fingerprint density at radius 1 is 0.766 bits per heavy atom. The molecule has 12 heteroatoms. The average molecular weight is 676 g/mol. The van der Waals surface area contributed by atoms with E-state index in [1.54, 1.807) is 13.0 Å². The van der Waals surface area contributed by atoms with Crippen LogP contribution in [0.15, 0.2) is 24.3 Å². The Morgan fingerprint density at radius 2 is 1.34 bits per heavy atom. The predicted molar refractivity (Wildman–Crippen MR) is 180 cm³/mol. The van der Waals surface area contributed by atoms with Crippen molar-refractivity contribution < 1.29 is 54.1 Å². The lowest BCUT2D eigenvalue weighted by Crippen LogP contribution is -2.45. The third kappa shape index (κ3) is 25.0. The third-order valence-electron chi connectivity index (χ3n) is 7.45. The van der Waals surface area contributed by atoms with Crippen LogP contribution >= 0.6 is 0 Å². The predicted octanol–water partition coefficient (Wildman–Crippen LogP) is 3.80. The van der Waals surface area contributed by atoms with Gasteiger partial charge in [-0.3, -0.25) is 9.59 Å². The first-order chi connectivity index (χ1) is 22.4. The molecule has 0 aliphatic heterocycles. The van der Waals surface area contributed by atoms with Gasteiger partial charge in [0.2, 0.25) is 5.91 Å². The first-order valence-corrected chi connectivity index (χ1v) is 17.4. The van der Waals surface area contributed by atoms with E-state index in [4.69, 9.17) is 18.9 Å². The lowest BCUT2D eigenvalue weighted by molar-refractivity contribution is -0.278. The molecule has 0 saturated heterocycles. The first kappa shape index (κ1) is 45.3. The standard InChI is InChI=1S/C35H65NO11/c1-6-7-8-9-10-11-12-13-14-15-16-17-18-19-20-21-29(40)24-36-34(43)30(41)23-31(42)35(44-5)47-32(25-37)27(3)45-33(22-26(2)38)46-28(4)39/h11-12,20-21,26-28,30-33,35,37-39,41-42H,6-10,13-19,22-25H2,1-5H3,(H,36,43)/b12-11-,21-20+/t26-,27?,28?,30-,31-,32?,33+,35+/m1/s1. The monoisotopic (exact) mass is 675 g/mol. The number of ketones is 1. The maximum atomic E-state index is 12.3.